The Balaban J connectivity index is 1.35. The molecule has 138 valence electrons. The summed E-state index contributed by atoms with van der Waals surface area (Å²) >= 11 is 3.24. The average molecular weight is 396 g/mol. The fourth-order valence-corrected chi connectivity index (χ4v) is 4.83. The molecule has 0 unspecified atom stereocenters. The van der Waals surface area contributed by atoms with Crippen LogP contribution in [0.25, 0.3) is 0 Å². The van der Waals surface area contributed by atoms with Crippen molar-refractivity contribution in [2.24, 2.45) is 5.92 Å². The van der Waals surface area contributed by atoms with Gasteiger partial charge in [-0.2, -0.15) is 0 Å². The van der Waals surface area contributed by atoms with Crippen molar-refractivity contribution in [3.05, 3.63) is 70.7 Å². The van der Waals surface area contributed by atoms with Crippen molar-refractivity contribution in [2.75, 3.05) is 18.0 Å². The predicted molar refractivity (Wildman–Crippen MR) is 112 cm³/mol. The van der Waals surface area contributed by atoms with Crippen LogP contribution < -0.4 is 4.90 Å². The third-order valence-electron chi connectivity index (χ3n) is 4.78. The number of nitrogens with zero attached hydrogens (tertiary/aromatic N) is 3. The number of anilines is 1. The van der Waals surface area contributed by atoms with Crippen molar-refractivity contribution in [3.8, 4) is 0 Å². The Morgan fingerprint density at radius 1 is 1.11 bits per heavy atom. The molecule has 6 heteroatoms. The second-order valence-electron chi connectivity index (χ2n) is 6.59. The van der Waals surface area contributed by atoms with Gasteiger partial charge in [0.05, 0.1) is 17.3 Å². The number of thiophene rings is 1. The lowest BCUT2D eigenvalue weighted by molar-refractivity contribution is 0.0904. The highest BCUT2D eigenvalue weighted by molar-refractivity contribution is 7.98. The number of hydrogen-bond donors (Lipinski definition) is 0. The Morgan fingerprint density at radius 2 is 1.93 bits per heavy atom. The molecule has 3 heterocycles. The second-order valence-corrected chi connectivity index (χ2v) is 8.54. The zero-order valence-electron chi connectivity index (χ0n) is 15.0. The van der Waals surface area contributed by atoms with E-state index < -0.39 is 0 Å². The first-order valence-corrected chi connectivity index (χ1v) is 11.0. The quantitative estimate of drug-likeness (QED) is 0.437. The molecule has 0 spiro atoms. The molecule has 1 aliphatic rings. The van der Waals surface area contributed by atoms with Crippen LogP contribution in [0.15, 0.2) is 65.3 Å². The first-order valence-electron chi connectivity index (χ1n) is 9.11. The molecule has 0 aliphatic carbocycles. The van der Waals surface area contributed by atoms with Gasteiger partial charge >= 0.3 is 0 Å². The van der Waals surface area contributed by atoms with E-state index >= 15 is 0 Å². The molecule has 0 atom stereocenters. The Morgan fingerprint density at radius 3 is 2.67 bits per heavy atom. The van der Waals surface area contributed by atoms with Crippen LogP contribution in [0.5, 0.6) is 0 Å². The van der Waals surface area contributed by atoms with Gasteiger partial charge in [0, 0.05) is 24.8 Å². The van der Waals surface area contributed by atoms with Gasteiger partial charge in [-0.1, -0.05) is 36.4 Å². The molecule has 0 saturated carbocycles. The van der Waals surface area contributed by atoms with Crippen LogP contribution in [0.2, 0.25) is 0 Å². The normalized spacial score (nSPS) is 15.0. The maximum atomic E-state index is 12.5. The summed E-state index contributed by atoms with van der Waals surface area (Å²) in [6, 6.07) is 14.3. The number of carbonyl (C=O) groups is 1. The summed E-state index contributed by atoms with van der Waals surface area (Å²) in [5.74, 6) is 2.22. The molecule has 4 rings (SSSR count). The maximum absolute atomic E-state index is 12.5. The minimum atomic E-state index is 0.128. The molecule has 4 nitrogen and oxygen atoms in total. The number of rotatable bonds is 6. The molecular weight excluding hydrogens is 374 g/mol. The number of benzene rings is 1. The fourth-order valence-electron chi connectivity index (χ4n) is 3.28. The van der Waals surface area contributed by atoms with Crippen molar-refractivity contribution >= 4 is 34.7 Å². The van der Waals surface area contributed by atoms with Crippen LogP contribution in [-0.2, 0) is 5.75 Å². The lowest BCUT2D eigenvalue weighted by Crippen LogP contribution is -2.36. The van der Waals surface area contributed by atoms with Gasteiger partial charge in [-0.25, -0.2) is 4.98 Å². The molecule has 27 heavy (non-hydrogen) atoms. The monoisotopic (exact) mass is 395 g/mol. The second kappa shape index (κ2) is 8.67. The number of thioether (sulfide) groups is 1. The molecule has 0 bridgehead atoms. The van der Waals surface area contributed by atoms with Gasteiger partial charge in [0.25, 0.3) is 0 Å². The molecule has 1 saturated heterocycles. The first-order chi connectivity index (χ1) is 13.3. The van der Waals surface area contributed by atoms with E-state index in [4.69, 9.17) is 4.98 Å². The highest BCUT2D eigenvalue weighted by atomic mass is 32.2. The Hall–Kier alpha value is -2.18. The predicted octanol–water partition coefficient (Wildman–Crippen LogP) is 4.93. The largest absolute Gasteiger partial charge is 0.355 e. The summed E-state index contributed by atoms with van der Waals surface area (Å²) in [4.78, 5) is 24.8. The number of aromatic nitrogens is 2. The van der Waals surface area contributed by atoms with E-state index in [1.165, 1.54) is 16.9 Å². The topological polar surface area (TPSA) is 46.1 Å². The molecule has 0 amide bonds. The summed E-state index contributed by atoms with van der Waals surface area (Å²) in [6.45, 7) is 1.70. The molecule has 1 aromatic carbocycles. The van der Waals surface area contributed by atoms with E-state index in [-0.39, 0.29) is 5.92 Å². The van der Waals surface area contributed by atoms with E-state index in [1.807, 2.05) is 36.0 Å². The van der Waals surface area contributed by atoms with Gasteiger partial charge in [-0.15, -0.1) is 23.1 Å². The fraction of sp³-hybridized carbons (Fsp3) is 0.286. The highest BCUT2D eigenvalue weighted by Gasteiger charge is 2.27. The van der Waals surface area contributed by atoms with E-state index in [1.54, 1.807) is 11.8 Å². The number of hydrogen-bond acceptors (Lipinski definition) is 6. The van der Waals surface area contributed by atoms with Crippen LogP contribution in [0, 0.1) is 5.92 Å². The Kier molecular flexibility index (Phi) is 5.84. The summed E-state index contributed by atoms with van der Waals surface area (Å²) in [7, 11) is 0. The highest BCUT2D eigenvalue weighted by Crippen LogP contribution is 2.27. The summed E-state index contributed by atoms with van der Waals surface area (Å²) in [5, 5.41) is 2.91. The van der Waals surface area contributed by atoms with Crippen molar-refractivity contribution in [2.45, 2.75) is 23.6 Å². The molecule has 0 N–H and O–H groups in total. The lowest BCUT2D eigenvalue weighted by Gasteiger charge is -2.31. The molecule has 2 aromatic heterocycles. The standard InChI is InChI=1S/C21H21N3OS2/c25-21(18-7-4-12-26-18)17-8-10-24(11-9-17)19-13-22-14-20(23-19)27-15-16-5-2-1-3-6-16/h1-7,12-14,17H,8-11,15H2. The summed E-state index contributed by atoms with van der Waals surface area (Å²) in [5.41, 5.74) is 1.28. The van der Waals surface area contributed by atoms with Crippen LogP contribution in [0.4, 0.5) is 5.82 Å². The van der Waals surface area contributed by atoms with Gasteiger partial charge in [0.15, 0.2) is 5.78 Å². The number of piperidine rings is 1. The van der Waals surface area contributed by atoms with Crippen molar-refractivity contribution in [1.29, 1.82) is 0 Å². The number of Topliss-reactive ketones (excluding diaryl/α,β-unsaturated/α-hetero) is 1. The molecular formula is C21H21N3OS2. The van der Waals surface area contributed by atoms with Gasteiger partial charge in [-0.3, -0.25) is 9.78 Å². The van der Waals surface area contributed by atoms with Crippen LogP contribution >= 0.6 is 23.1 Å². The minimum absolute atomic E-state index is 0.128. The number of carbonyl (C=O) groups excluding carboxylic acids is 1. The van der Waals surface area contributed by atoms with E-state index in [0.717, 1.165) is 47.4 Å². The average Bonchev–Trinajstić information content (AvgIpc) is 3.28. The zero-order valence-corrected chi connectivity index (χ0v) is 16.6. The van der Waals surface area contributed by atoms with Crippen molar-refractivity contribution in [1.82, 2.24) is 9.97 Å². The maximum Gasteiger partial charge on any atom is 0.175 e. The Labute approximate surface area is 167 Å². The van der Waals surface area contributed by atoms with E-state index in [0.29, 0.717) is 5.78 Å². The molecule has 1 fully saturated rings. The van der Waals surface area contributed by atoms with Crippen molar-refractivity contribution < 1.29 is 4.79 Å². The first kappa shape index (κ1) is 18.2. The summed E-state index contributed by atoms with van der Waals surface area (Å²) < 4.78 is 0. The zero-order chi connectivity index (χ0) is 18.5. The van der Waals surface area contributed by atoms with E-state index in [9.17, 15) is 4.79 Å². The minimum Gasteiger partial charge on any atom is -0.355 e. The summed E-state index contributed by atoms with van der Waals surface area (Å²) in [6.07, 6.45) is 5.40. The van der Waals surface area contributed by atoms with Crippen LogP contribution in [-0.4, -0.2) is 28.8 Å². The van der Waals surface area contributed by atoms with Gasteiger partial charge in [0.2, 0.25) is 0 Å². The smallest absolute Gasteiger partial charge is 0.175 e. The molecule has 3 aromatic rings. The van der Waals surface area contributed by atoms with E-state index in [2.05, 4.69) is 34.1 Å². The SMILES string of the molecule is O=C(c1cccs1)C1CCN(c2cncc(SCc3ccccc3)n2)CC1. The molecule has 1 aliphatic heterocycles. The van der Waals surface area contributed by atoms with Gasteiger partial charge in [0.1, 0.15) is 10.8 Å². The lowest BCUT2D eigenvalue weighted by atomic mass is 9.92. The Bertz CT molecular complexity index is 875. The van der Waals surface area contributed by atoms with Crippen LogP contribution in [0.1, 0.15) is 28.1 Å². The van der Waals surface area contributed by atoms with Gasteiger partial charge in [-0.05, 0) is 29.9 Å². The van der Waals surface area contributed by atoms with Crippen LogP contribution in [0.3, 0.4) is 0 Å². The van der Waals surface area contributed by atoms with Gasteiger partial charge < -0.3 is 4.90 Å². The van der Waals surface area contributed by atoms with Crippen molar-refractivity contribution in [3.63, 3.8) is 0 Å². The molecule has 0 radical (unpaired) electrons. The third kappa shape index (κ3) is 4.57. The third-order valence-corrected chi connectivity index (χ3v) is 6.64. The number of ketones is 1.